The first-order valence-corrected chi connectivity index (χ1v) is 15.4. The molecule has 2 heterocycles. The minimum absolute atomic E-state index is 0.122. The molecule has 15 heteroatoms. The number of benzene rings is 4. The minimum Gasteiger partial charge on any atom is -0.507 e. The number of H-pyrrole nitrogens is 1. The molecule has 0 bridgehead atoms. The number of carbonyl (C=O) groups excluding carboxylic acids is 1. The van der Waals surface area contributed by atoms with E-state index in [2.05, 4.69) is 4.98 Å². The lowest BCUT2D eigenvalue weighted by atomic mass is 9.84. The van der Waals surface area contributed by atoms with Crippen molar-refractivity contribution in [3.05, 3.63) is 146 Å². The van der Waals surface area contributed by atoms with E-state index in [4.69, 9.17) is 4.74 Å². The maximum atomic E-state index is 14.0. The largest absolute Gasteiger partial charge is 0.507 e. The molecule has 52 heavy (non-hydrogen) atoms. The number of aromatic amines is 1. The number of hydrogen-bond donors (Lipinski definition) is 2. The summed E-state index contributed by atoms with van der Waals surface area (Å²) in [5.41, 5.74) is -4.70. The van der Waals surface area contributed by atoms with Crippen LogP contribution in [0.5, 0.6) is 5.75 Å². The molecule has 1 atom stereocenters. The number of aromatic hydroxyl groups is 1. The Bertz CT molecular complexity index is 2340. The van der Waals surface area contributed by atoms with E-state index in [9.17, 15) is 54.2 Å². The smallest absolute Gasteiger partial charge is 0.416 e. The van der Waals surface area contributed by atoms with Gasteiger partial charge < -0.3 is 19.4 Å². The van der Waals surface area contributed by atoms with Crippen molar-refractivity contribution < 1.29 is 54.2 Å². The number of rotatable bonds is 7. The zero-order chi connectivity index (χ0) is 37.7. The molecule has 0 amide bonds. The Morgan fingerprint density at radius 1 is 0.769 bits per heavy atom. The van der Waals surface area contributed by atoms with Crippen LogP contribution in [0.25, 0.3) is 21.8 Å². The topological polar surface area (TPSA) is 84.3 Å². The van der Waals surface area contributed by atoms with Crippen molar-refractivity contribution in [3.63, 3.8) is 0 Å². The lowest BCUT2D eigenvalue weighted by molar-refractivity contribution is -0.143. The summed E-state index contributed by atoms with van der Waals surface area (Å²) in [7, 11) is 1.46. The SMILES string of the molecule is Cn1c(=O)c(C(c2ccc(C(F)(F)F)cc2)c2[nH]c3ccccc3c2CCOC(=O)c2cc(C(F)(F)F)cc(C(F)(F)F)c2)c(O)c2ccccc21. The van der Waals surface area contributed by atoms with E-state index >= 15 is 0 Å². The van der Waals surface area contributed by atoms with Crippen molar-refractivity contribution >= 4 is 27.8 Å². The zero-order valence-electron chi connectivity index (χ0n) is 26.7. The first-order chi connectivity index (χ1) is 24.4. The molecule has 0 aliphatic heterocycles. The van der Waals surface area contributed by atoms with Crippen LogP contribution in [0.2, 0.25) is 0 Å². The van der Waals surface area contributed by atoms with Gasteiger partial charge in [0, 0.05) is 35.5 Å². The van der Waals surface area contributed by atoms with Gasteiger partial charge in [0.1, 0.15) is 5.75 Å². The van der Waals surface area contributed by atoms with Crippen LogP contribution < -0.4 is 5.56 Å². The highest BCUT2D eigenvalue weighted by atomic mass is 19.4. The number of pyridine rings is 1. The highest BCUT2D eigenvalue weighted by Gasteiger charge is 2.38. The number of nitrogens with zero attached hydrogens (tertiary/aromatic N) is 1. The number of hydrogen-bond acceptors (Lipinski definition) is 4. The van der Waals surface area contributed by atoms with Crippen molar-refractivity contribution in [2.75, 3.05) is 6.61 Å². The van der Waals surface area contributed by atoms with Crippen LogP contribution in [-0.2, 0) is 36.7 Å². The lowest BCUT2D eigenvalue weighted by Crippen LogP contribution is -2.25. The Labute approximate surface area is 287 Å². The summed E-state index contributed by atoms with van der Waals surface area (Å²) in [5, 5.41) is 12.4. The lowest BCUT2D eigenvalue weighted by Gasteiger charge is -2.22. The monoisotopic (exact) mass is 732 g/mol. The van der Waals surface area contributed by atoms with Crippen molar-refractivity contribution in [3.8, 4) is 5.75 Å². The number of fused-ring (bicyclic) bond motifs is 2. The number of halogens is 9. The predicted octanol–water partition coefficient (Wildman–Crippen LogP) is 9.36. The van der Waals surface area contributed by atoms with Crippen molar-refractivity contribution in [1.29, 1.82) is 0 Å². The van der Waals surface area contributed by atoms with Crippen LogP contribution in [0.1, 0.15) is 55.4 Å². The van der Waals surface area contributed by atoms with Gasteiger partial charge in [-0.3, -0.25) is 4.79 Å². The second-order valence-electron chi connectivity index (χ2n) is 11.9. The number of aryl methyl sites for hydroxylation is 1. The number of alkyl halides is 9. The van der Waals surface area contributed by atoms with Crippen LogP contribution in [0.4, 0.5) is 39.5 Å². The number of carbonyl (C=O) groups is 1. The van der Waals surface area contributed by atoms with Gasteiger partial charge in [0.05, 0.1) is 45.9 Å². The highest BCUT2D eigenvalue weighted by molar-refractivity contribution is 5.90. The van der Waals surface area contributed by atoms with E-state index in [1.54, 1.807) is 48.5 Å². The first-order valence-electron chi connectivity index (χ1n) is 15.4. The number of ether oxygens (including phenoxy) is 1. The molecule has 0 aliphatic rings. The Morgan fingerprint density at radius 2 is 1.33 bits per heavy atom. The average molecular weight is 733 g/mol. The van der Waals surface area contributed by atoms with E-state index in [1.165, 1.54) is 11.6 Å². The summed E-state index contributed by atoms with van der Waals surface area (Å²) in [6.07, 6.45) is -15.3. The van der Waals surface area contributed by atoms with Gasteiger partial charge >= 0.3 is 24.5 Å². The molecule has 2 aromatic heterocycles. The fourth-order valence-corrected chi connectivity index (χ4v) is 6.24. The van der Waals surface area contributed by atoms with E-state index < -0.39 is 70.6 Å². The van der Waals surface area contributed by atoms with Gasteiger partial charge in [0.15, 0.2) is 0 Å². The third-order valence-corrected chi connectivity index (χ3v) is 8.71. The van der Waals surface area contributed by atoms with Crippen LogP contribution in [0.15, 0.2) is 95.8 Å². The van der Waals surface area contributed by atoms with Crippen molar-refractivity contribution in [1.82, 2.24) is 9.55 Å². The van der Waals surface area contributed by atoms with E-state index in [-0.39, 0.29) is 46.8 Å². The summed E-state index contributed by atoms with van der Waals surface area (Å²) in [4.78, 5) is 30.0. The fraction of sp³-hybridized carbons (Fsp3) is 0.189. The van der Waals surface area contributed by atoms with Crippen LogP contribution in [0, 0.1) is 0 Å². The summed E-state index contributed by atoms with van der Waals surface area (Å²) < 4.78 is 128. The Balaban J connectivity index is 1.46. The number of aromatic nitrogens is 2. The highest BCUT2D eigenvalue weighted by Crippen LogP contribution is 2.42. The molecular weight excluding hydrogens is 707 g/mol. The summed E-state index contributed by atoms with van der Waals surface area (Å²) in [5.74, 6) is -3.16. The standard InChI is InChI=1S/C37H25F9N2O4/c1-48-28-9-5-3-7-26(28)32(49)30(33(48)50)29(19-10-12-21(13-11-19)35(38,39)40)31-25(24-6-2-4-8-27(24)47-31)14-15-52-34(51)20-16-22(36(41,42)43)18-23(17-20)37(44,45)46/h2-13,16-18,29,47,49H,14-15H2,1H3. The van der Waals surface area contributed by atoms with Crippen LogP contribution in [-0.4, -0.2) is 27.2 Å². The van der Waals surface area contributed by atoms with Gasteiger partial charge in [0.2, 0.25) is 0 Å². The zero-order valence-corrected chi connectivity index (χ0v) is 26.7. The summed E-state index contributed by atoms with van der Waals surface area (Å²) >= 11 is 0. The number of nitrogens with one attached hydrogen (secondary N) is 1. The number of esters is 1. The molecule has 6 aromatic rings. The van der Waals surface area contributed by atoms with Gasteiger partial charge in [-0.2, -0.15) is 39.5 Å². The second kappa shape index (κ2) is 13.1. The molecule has 2 N–H and O–H groups in total. The maximum absolute atomic E-state index is 14.0. The third kappa shape index (κ3) is 6.82. The van der Waals surface area contributed by atoms with E-state index in [1.807, 2.05) is 0 Å². The van der Waals surface area contributed by atoms with Gasteiger partial charge in [-0.05, 0) is 59.7 Å². The molecule has 270 valence electrons. The Hall–Kier alpha value is -5.73. The third-order valence-electron chi connectivity index (χ3n) is 8.71. The molecule has 0 spiro atoms. The molecule has 0 saturated carbocycles. The Morgan fingerprint density at radius 3 is 1.92 bits per heavy atom. The normalized spacial score (nSPS) is 13.1. The second-order valence-corrected chi connectivity index (χ2v) is 11.9. The molecule has 6 nitrogen and oxygen atoms in total. The quantitative estimate of drug-likeness (QED) is 0.127. The fourth-order valence-electron chi connectivity index (χ4n) is 6.24. The van der Waals surface area contributed by atoms with E-state index in [0.29, 0.717) is 22.0 Å². The molecule has 1 unspecified atom stereocenters. The first kappa shape index (κ1) is 36.1. The number of para-hydroxylation sites is 2. The Kier molecular flexibility index (Phi) is 9.09. The van der Waals surface area contributed by atoms with Gasteiger partial charge in [-0.15, -0.1) is 0 Å². The van der Waals surface area contributed by atoms with Crippen LogP contribution >= 0.6 is 0 Å². The maximum Gasteiger partial charge on any atom is 0.416 e. The van der Waals surface area contributed by atoms with Gasteiger partial charge in [-0.25, -0.2) is 4.79 Å². The van der Waals surface area contributed by atoms with E-state index in [0.717, 1.165) is 24.3 Å². The van der Waals surface area contributed by atoms with Gasteiger partial charge in [-0.1, -0.05) is 42.5 Å². The minimum atomic E-state index is -5.20. The van der Waals surface area contributed by atoms with Gasteiger partial charge in [0.25, 0.3) is 5.56 Å². The van der Waals surface area contributed by atoms with Crippen LogP contribution in [0.3, 0.4) is 0 Å². The molecule has 0 saturated heterocycles. The van der Waals surface area contributed by atoms with Crippen molar-refractivity contribution in [2.45, 2.75) is 30.9 Å². The molecular formula is C37H25F9N2O4. The average Bonchev–Trinajstić information content (AvgIpc) is 3.45. The summed E-state index contributed by atoms with van der Waals surface area (Å²) in [6.45, 7) is -0.577. The predicted molar refractivity (Wildman–Crippen MR) is 172 cm³/mol. The molecule has 6 rings (SSSR count). The molecule has 4 aromatic carbocycles. The van der Waals surface area contributed by atoms with Crippen molar-refractivity contribution in [2.24, 2.45) is 7.05 Å². The molecule has 0 fully saturated rings. The summed E-state index contributed by atoms with van der Waals surface area (Å²) in [6, 6.07) is 17.3. The molecule has 0 radical (unpaired) electrons. The molecule has 0 aliphatic carbocycles.